The smallest absolute Gasteiger partial charge is 0.105 e. The van der Waals surface area contributed by atoms with Crippen molar-refractivity contribution < 1.29 is 4.74 Å². The van der Waals surface area contributed by atoms with Crippen molar-refractivity contribution in [3.05, 3.63) is 0 Å². The van der Waals surface area contributed by atoms with Crippen LogP contribution in [-0.2, 0) is 4.74 Å². The van der Waals surface area contributed by atoms with Gasteiger partial charge in [0.15, 0.2) is 0 Å². The highest BCUT2D eigenvalue weighted by Crippen LogP contribution is 2.08. The Kier molecular flexibility index (Phi) is 7.31. The Bertz CT molecular complexity index is 202. The van der Waals surface area contributed by atoms with E-state index in [1.807, 2.05) is 20.9 Å². The summed E-state index contributed by atoms with van der Waals surface area (Å²) >= 11 is 0. The van der Waals surface area contributed by atoms with E-state index in [1.165, 1.54) is 0 Å². The van der Waals surface area contributed by atoms with Gasteiger partial charge >= 0.3 is 0 Å². The molecular formula is C11H23N3O. The van der Waals surface area contributed by atoms with Crippen molar-refractivity contribution >= 4 is 0 Å². The molecule has 4 heteroatoms. The Morgan fingerprint density at radius 3 is 2.60 bits per heavy atom. The number of hydrogen-bond acceptors (Lipinski definition) is 4. The van der Waals surface area contributed by atoms with Crippen molar-refractivity contribution in [2.45, 2.75) is 25.8 Å². The number of ether oxygens (including phenoxy) is 1. The third-order valence-corrected chi connectivity index (χ3v) is 2.48. The zero-order valence-corrected chi connectivity index (χ0v) is 10.3. The molecule has 0 bridgehead atoms. The lowest BCUT2D eigenvalue weighted by Gasteiger charge is -2.25. The molecule has 4 nitrogen and oxygen atoms in total. The van der Waals surface area contributed by atoms with Crippen LogP contribution in [0.3, 0.4) is 0 Å². The molecule has 0 spiro atoms. The molecule has 1 unspecified atom stereocenters. The zero-order chi connectivity index (χ0) is 11.7. The van der Waals surface area contributed by atoms with Crippen LogP contribution >= 0.6 is 0 Å². The van der Waals surface area contributed by atoms with Gasteiger partial charge in [0.05, 0.1) is 12.7 Å². The van der Waals surface area contributed by atoms with Gasteiger partial charge in [-0.2, -0.15) is 5.26 Å². The van der Waals surface area contributed by atoms with E-state index in [0.717, 1.165) is 32.7 Å². The second-order valence-electron chi connectivity index (χ2n) is 4.02. The van der Waals surface area contributed by atoms with Gasteiger partial charge in [0.25, 0.3) is 0 Å². The summed E-state index contributed by atoms with van der Waals surface area (Å²) < 4.78 is 5.00. The summed E-state index contributed by atoms with van der Waals surface area (Å²) in [6, 6.07) is 2.32. The van der Waals surface area contributed by atoms with Crippen LogP contribution in [0, 0.1) is 11.3 Å². The van der Waals surface area contributed by atoms with Gasteiger partial charge in [-0.05, 0) is 26.9 Å². The van der Waals surface area contributed by atoms with E-state index in [9.17, 15) is 0 Å². The van der Waals surface area contributed by atoms with Gasteiger partial charge < -0.3 is 9.64 Å². The van der Waals surface area contributed by atoms with Crippen molar-refractivity contribution in [2.75, 3.05) is 40.4 Å². The topological polar surface area (TPSA) is 48.3 Å². The predicted octanol–water partition coefficient (Wildman–Crippen LogP) is 0.846. The van der Waals surface area contributed by atoms with Gasteiger partial charge in [-0.15, -0.1) is 0 Å². The van der Waals surface area contributed by atoms with Crippen molar-refractivity contribution in [1.82, 2.24) is 10.2 Å². The number of nitrogens with zero attached hydrogens (tertiary/aromatic N) is 2. The number of rotatable bonds is 8. The van der Waals surface area contributed by atoms with Crippen molar-refractivity contribution in [2.24, 2.45) is 0 Å². The number of nitriles is 1. The molecule has 0 aliphatic heterocycles. The van der Waals surface area contributed by atoms with Crippen molar-refractivity contribution in [3.63, 3.8) is 0 Å². The second kappa shape index (κ2) is 7.63. The molecule has 0 aromatic heterocycles. The molecule has 0 fully saturated rings. The molecule has 0 saturated carbocycles. The maximum atomic E-state index is 9.05. The summed E-state index contributed by atoms with van der Waals surface area (Å²) in [5, 5.41) is 12.3. The molecule has 0 radical (unpaired) electrons. The van der Waals surface area contributed by atoms with E-state index in [1.54, 1.807) is 7.11 Å². The first-order valence-electron chi connectivity index (χ1n) is 5.41. The molecule has 0 aliphatic rings. The molecule has 0 amide bonds. The third kappa shape index (κ3) is 6.45. The van der Waals surface area contributed by atoms with E-state index < -0.39 is 5.54 Å². The number of likely N-dealkylation sites (N-methyl/N-ethyl adjacent to an activating group) is 1. The molecule has 0 aliphatic carbocycles. The second-order valence-corrected chi connectivity index (χ2v) is 4.02. The summed E-state index contributed by atoms with van der Waals surface area (Å²) in [6.07, 6.45) is 0.831. The number of nitrogens with one attached hydrogen (secondary N) is 1. The van der Waals surface area contributed by atoms with Gasteiger partial charge in [-0.1, -0.05) is 6.92 Å². The Morgan fingerprint density at radius 2 is 2.13 bits per heavy atom. The normalized spacial score (nSPS) is 14.9. The first-order chi connectivity index (χ1) is 7.08. The van der Waals surface area contributed by atoms with Crippen LogP contribution in [0.5, 0.6) is 0 Å². The van der Waals surface area contributed by atoms with Crippen LogP contribution in [0.2, 0.25) is 0 Å². The largest absolute Gasteiger partial charge is 0.383 e. The molecule has 88 valence electrons. The zero-order valence-electron chi connectivity index (χ0n) is 10.3. The molecule has 0 saturated heterocycles. The van der Waals surface area contributed by atoms with Crippen molar-refractivity contribution in [3.8, 4) is 6.07 Å². The highest BCUT2D eigenvalue weighted by Gasteiger charge is 2.22. The Balaban J connectivity index is 3.85. The summed E-state index contributed by atoms with van der Waals surface area (Å²) in [5.41, 5.74) is -0.407. The highest BCUT2D eigenvalue weighted by molar-refractivity contribution is 5.03. The van der Waals surface area contributed by atoms with Crippen molar-refractivity contribution in [1.29, 1.82) is 5.26 Å². The SMILES string of the molecule is CCNC(C)(C#N)CCN(C)CCOC. The first-order valence-corrected chi connectivity index (χ1v) is 5.41. The van der Waals surface area contributed by atoms with E-state index in [-0.39, 0.29) is 0 Å². The van der Waals surface area contributed by atoms with Crippen LogP contribution in [0.1, 0.15) is 20.3 Å². The summed E-state index contributed by atoms with van der Waals surface area (Å²) in [4.78, 5) is 2.18. The van der Waals surface area contributed by atoms with Crippen LogP contribution in [0.15, 0.2) is 0 Å². The van der Waals surface area contributed by atoms with Gasteiger partial charge in [-0.25, -0.2) is 0 Å². The van der Waals surface area contributed by atoms with Crippen LogP contribution < -0.4 is 5.32 Å². The molecule has 0 aromatic carbocycles. The minimum Gasteiger partial charge on any atom is -0.383 e. The fraction of sp³-hybridized carbons (Fsp3) is 0.909. The maximum Gasteiger partial charge on any atom is 0.105 e. The molecule has 1 N–H and O–H groups in total. The monoisotopic (exact) mass is 213 g/mol. The summed E-state index contributed by atoms with van der Waals surface area (Å²) in [6.45, 7) is 7.34. The average molecular weight is 213 g/mol. The van der Waals surface area contributed by atoms with Gasteiger partial charge in [-0.3, -0.25) is 5.32 Å². The van der Waals surface area contributed by atoms with E-state index >= 15 is 0 Å². The maximum absolute atomic E-state index is 9.05. The van der Waals surface area contributed by atoms with Gasteiger partial charge in [0.1, 0.15) is 5.54 Å². The fourth-order valence-corrected chi connectivity index (χ4v) is 1.35. The minimum atomic E-state index is -0.407. The third-order valence-electron chi connectivity index (χ3n) is 2.48. The molecule has 0 heterocycles. The molecule has 15 heavy (non-hydrogen) atoms. The molecular weight excluding hydrogens is 190 g/mol. The predicted molar refractivity (Wildman–Crippen MR) is 61.7 cm³/mol. The van der Waals surface area contributed by atoms with E-state index in [4.69, 9.17) is 10.00 Å². The van der Waals surface area contributed by atoms with E-state index in [0.29, 0.717) is 0 Å². The summed E-state index contributed by atoms with van der Waals surface area (Å²) in [5.74, 6) is 0. The lowest BCUT2D eigenvalue weighted by Crippen LogP contribution is -2.43. The average Bonchev–Trinajstić information content (AvgIpc) is 2.24. The molecule has 0 rings (SSSR count). The van der Waals surface area contributed by atoms with Crippen LogP contribution in [-0.4, -0.2) is 50.8 Å². The quantitative estimate of drug-likeness (QED) is 0.649. The molecule has 0 aromatic rings. The Labute approximate surface area is 93.2 Å². The summed E-state index contributed by atoms with van der Waals surface area (Å²) in [7, 11) is 3.74. The van der Waals surface area contributed by atoms with Crippen LogP contribution in [0.25, 0.3) is 0 Å². The number of hydrogen-bond donors (Lipinski definition) is 1. The minimum absolute atomic E-state index is 0.407. The fourth-order valence-electron chi connectivity index (χ4n) is 1.35. The Hall–Kier alpha value is -0.630. The first kappa shape index (κ1) is 14.4. The molecule has 1 atom stereocenters. The Morgan fingerprint density at radius 1 is 1.47 bits per heavy atom. The number of methoxy groups -OCH3 is 1. The standard InChI is InChI=1S/C11H23N3O/c1-5-13-11(2,10-12)6-7-14(3)8-9-15-4/h13H,5-9H2,1-4H3. The van der Waals surface area contributed by atoms with Gasteiger partial charge in [0, 0.05) is 20.2 Å². The highest BCUT2D eigenvalue weighted by atomic mass is 16.5. The van der Waals surface area contributed by atoms with E-state index in [2.05, 4.69) is 16.3 Å². The van der Waals surface area contributed by atoms with Gasteiger partial charge in [0.2, 0.25) is 0 Å². The lowest BCUT2D eigenvalue weighted by molar-refractivity contribution is 0.157. The van der Waals surface area contributed by atoms with Crippen LogP contribution in [0.4, 0.5) is 0 Å². The lowest BCUT2D eigenvalue weighted by atomic mass is 10.00.